The smallest absolute Gasteiger partial charge is 0.254 e. The first-order valence-corrected chi connectivity index (χ1v) is 6.12. The standard InChI is InChI=1S/C13H16F2N2O2/c1-7-2-3-17(6-11(7)18)13(19)8-4-9(14)12(16)10(15)5-8/h4-5,7,11,18H,2-3,6,16H2,1H3. The number of aliphatic hydroxyl groups is 1. The van der Waals surface area contributed by atoms with Crippen molar-refractivity contribution in [3.05, 3.63) is 29.3 Å². The van der Waals surface area contributed by atoms with Gasteiger partial charge < -0.3 is 15.7 Å². The second-order valence-corrected chi connectivity index (χ2v) is 4.94. The number of nitrogens with zero attached hydrogens (tertiary/aromatic N) is 1. The van der Waals surface area contributed by atoms with Crippen LogP contribution in [-0.4, -0.2) is 35.1 Å². The van der Waals surface area contributed by atoms with Gasteiger partial charge in [0.2, 0.25) is 0 Å². The molecule has 104 valence electrons. The third kappa shape index (κ3) is 2.68. The van der Waals surface area contributed by atoms with Gasteiger partial charge in [-0.25, -0.2) is 8.78 Å². The second kappa shape index (κ2) is 5.13. The lowest BCUT2D eigenvalue weighted by Crippen LogP contribution is -2.45. The van der Waals surface area contributed by atoms with Gasteiger partial charge in [0.25, 0.3) is 5.91 Å². The first-order valence-electron chi connectivity index (χ1n) is 6.12. The van der Waals surface area contributed by atoms with Crippen molar-refractivity contribution in [2.75, 3.05) is 18.8 Å². The number of benzene rings is 1. The van der Waals surface area contributed by atoms with Crippen molar-refractivity contribution in [1.29, 1.82) is 0 Å². The first-order chi connectivity index (χ1) is 8.90. The fraction of sp³-hybridized carbons (Fsp3) is 0.462. The molecule has 0 spiro atoms. The van der Waals surface area contributed by atoms with E-state index in [1.165, 1.54) is 4.90 Å². The molecule has 1 saturated heterocycles. The molecule has 1 aromatic rings. The fourth-order valence-electron chi connectivity index (χ4n) is 2.12. The van der Waals surface area contributed by atoms with Crippen LogP contribution in [0.3, 0.4) is 0 Å². The van der Waals surface area contributed by atoms with Gasteiger partial charge in [-0.05, 0) is 24.5 Å². The molecule has 6 heteroatoms. The molecule has 2 atom stereocenters. The Balaban J connectivity index is 2.20. The number of hydrogen-bond donors (Lipinski definition) is 2. The molecule has 0 bridgehead atoms. The van der Waals surface area contributed by atoms with Gasteiger partial charge in [0, 0.05) is 18.7 Å². The number of carbonyl (C=O) groups is 1. The van der Waals surface area contributed by atoms with Gasteiger partial charge in [-0.3, -0.25) is 4.79 Å². The van der Waals surface area contributed by atoms with E-state index in [1.54, 1.807) is 0 Å². The first kappa shape index (κ1) is 13.7. The molecule has 1 aliphatic rings. The Morgan fingerprint density at radius 1 is 1.42 bits per heavy atom. The fourth-order valence-corrected chi connectivity index (χ4v) is 2.12. The SMILES string of the molecule is CC1CCN(C(=O)c2cc(F)c(N)c(F)c2)CC1O. The van der Waals surface area contributed by atoms with E-state index in [0.29, 0.717) is 13.0 Å². The number of piperidine rings is 1. The van der Waals surface area contributed by atoms with E-state index in [1.807, 2.05) is 6.92 Å². The molecule has 2 unspecified atom stereocenters. The summed E-state index contributed by atoms with van der Waals surface area (Å²) < 4.78 is 26.6. The molecule has 1 aromatic carbocycles. The number of amides is 1. The van der Waals surface area contributed by atoms with Gasteiger partial charge in [0.1, 0.15) is 17.3 Å². The van der Waals surface area contributed by atoms with E-state index in [2.05, 4.69) is 0 Å². The Morgan fingerprint density at radius 2 is 2.00 bits per heavy atom. The van der Waals surface area contributed by atoms with Gasteiger partial charge in [-0.15, -0.1) is 0 Å². The van der Waals surface area contributed by atoms with Crippen LogP contribution in [0.15, 0.2) is 12.1 Å². The molecule has 0 aromatic heterocycles. The summed E-state index contributed by atoms with van der Waals surface area (Å²) in [6, 6.07) is 1.84. The van der Waals surface area contributed by atoms with E-state index in [4.69, 9.17) is 5.73 Å². The van der Waals surface area contributed by atoms with Crippen LogP contribution in [0.1, 0.15) is 23.7 Å². The predicted octanol–water partition coefficient (Wildman–Crippen LogP) is 1.39. The molecule has 1 heterocycles. The Morgan fingerprint density at radius 3 is 2.53 bits per heavy atom. The zero-order valence-electron chi connectivity index (χ0n) is 10.6. The third-order valence-corrected chi connectivity index (χ3v) is 3.53. The summed E-state index contributed by atoms with van der Waals surface area (Å²) in [7, 11) is 0. The molecular formula is C13H16F2N2O2. The van der Waals surface area contributed by atoms with Crippen molar-refractivity contribution >= 4 is 11.6 Å². The summed E-state index contributed by atoms with van der Waals surface area (Å²) in [4.78, 5) is 13.5. The summed E-state index contributed by atoms with van der Waals surface area (Å²) in [5.41, 5.74) is 4.47. The number of rotatable bonds is 1. The highest BCUT2D eigenvalue weighted by molar-refractivity contribution is 5.94. The summed E-state index contributed by atoms with van der Waals surface area (Å²) >= 11 is 0. The van der Waals surface area contributed by atoms with Crippen LogP contribution >= 0.6 is 0 Å². The van der Waals surface area contributed by atoms with Gasteiger partial charge in [-0.2, -0.15) is 0 Å². The Hall–Kier alpha value is -1.69. The number of hydrogen-bond acceptors (Lipinski definition) is 3. The quantitative estimate of drug-likeness (QED) is 0.758. The summed E-state index contributed by atoms with van der Waals surface area (Å²) in [5, 5.41) is 9.74. The van der Waals surface area contributed by atoms with Crippen LogP contribution in [-0.2, 0) is 0 Å². The second-order valence-electron chi connectivity index (χ2n) is 4.94. The van der Waals surface area contributed by atoms with Crippen molar-refractivity contribution in [1.82, 2.24) is 4.90 Å². The van der Waals surface area contributed by atoms with E-state index >= 15 is 0 Å². The molecule has 3 N–H and O–H groups in total. The average molecular weight is 270 g/mol. The molecule has 1 amide bonds. The van der Waals surface area contributed by atoms with Crippen molar-refractivity contribution < 1.29 is 18.7 Å². The van der Waals surface area contributed by atoms with E-state index < -0.39 is 29.3 Å². The monoisotopic (exact) mass is 270 g/mol. The number of nitrogen functional groups attached to an aromatic ring is 1. The number of anilines is 1. The zero-order chi connectivity index (χ0) is 14.2. The Kier molecular flexibility index (Phi) is 3.71. The van der Waals surface area contributed by atoms with Crippen LogP contribution in [0.25, 0.3) is 0 Å². The number of β-amino-alcohol motifs (C(OH)–C–C–N with tert-alkyl or cyclic N) is 1. The minimum absolute atomic E-state index is 0.0917. The van der Waals surface area contributed by atoms with Crippen LogP contribution in [0, 0.1) is 17.6 Å². The molecule has 0 radical (unpaired) electrons. The highest BCUT2D eigenvalue weighted by Gasteiger charge is 2.28. The van der Waals surface area contributed by atoms with Gasteiger partial charge >= 0.3 is 0 Å². The Bertz CT molecular complexity index is 484. The molecule has 1 aliphatic heterocycles. The molecule has 19 heavy (non-hydrogen) atoms. The summed E-state index contributed by atoms with van der Waals surface area (Å²) in [6.45, 7) is 2.54. The predicted molar refractivity (Wildman–Crippen MR) is 66.5 cm³/mol. The maximum Gasteiger partial charge on any atom is 0.254 e. The number of halogens is 2. The van der Waals surface area contributed by atoms with Crippen molar-refractivity contribution in [3.8, 4) is 0 Å². The maximum absolute atomic E-state index is 13.3. The van der Waals surface area contributed by atoms with Gasteiger partial charge in [-0.1, -0.05) is 6.92 Å². The zero-order valence-corrected chi connectivity index (χ0v) is 10.6. The van der Waals surface area contributed by atoms with E-state index in [0.717, 1.165) is 12.1 Å². The van der Waals surface area contributed by atoms with Crippen LogP contribution in [0.2, 0.25) is 0 Å². The number of likely N-dealkylation sites (tertiary alicyclic amines) is 1. The van der Waals surface area contributed by atoms with Gasteiger partial charge in [0.15, 0.2) is 0 Å². The van der Waals surface area contributed by atoms with Crippen LogP contribution < -0.4 is 5.73 Å². The van der Waals surface area contributed by atoms with Crippen LogP contribution in [0.5, 0.6) is 0 Å². The topological polar surface area (TPSA) is 66.6 Å². The van der Waals surface area contributed by atoms with Crippen molar-refractivity contribution in [2.24, 2.45) is 5.92 Å². The molecule has 1 fully saturated rings. The van der Waals surface area contributed by atoms with Gasteiger partial charge in [0.05, 0.1) is 6.10 Å². The number of aliphatic hydroxyl groups excluding tert-OH is 1. The molecule has 2 rings (SSSR count). The molecule has 4 nitrogen and oxygen atoms in total. The molecule has 0 aliphatic carbocycles. The summed E-state index contributed by atoms with van der Waals surface area (Å²) in [5.74, 6) is -2.28. The number of carbonyl (C=O) groups excluding carboxylic acids is 1. The average Bonchev–Trinajstić information content (AvgIpc) is 2.37. The van der Waals surface area contributed by atoms with Crippen molar-refractivity contribution in [3.63, 3.8) is 0 Å². The van der Waals surface area contributed by atoms with Crippen molar-refractivity contribution in [2.45, 2.75) is 19.4 Å². The third-order valence-electron chi connectivity index (χ3n) is 3.53. The lowest BCUT2D eigenvalue weighted by atomic mass is 9.95. The molecule has 0 saturated carbocycles. The van der Waals surface area contributed by atoms with E-state index in [9.17, 15) is 18.7 Å². The lowest BCUT2D eigenvalue weighted by molar-refractivity contribution is 0.0248. The largest absolute Gasteiger partial charge is 0.394 e. The highest BCUT2D eigenvalue weighted by Crippen LogP contribution is 2.22. The highest BCUT2D eigenvalue weighted by atomic mass is 19.1. The number of nitrogens with two attached hydrogens (primary N) is 1. The summed E-state index contributed by atoms with van der Waals surface area (Å²) in [6.07, 6.45) is 0.0495. The normalized spacial score (nSPS) is 23.5. The molecular weight excluding hydrogens is 254 g/mol. The minimum atomic E-state index is -0.950. The van der Waals surface area contributed by atoms with Crippen LogP contribution in [0.4, 0.5) is 14.5 Å². The minimum Gasteiger partial charge on any atom is -0.394 e. The lowest BCUT2D eigenvalue weighted by Gasteiger charge is -2.34. The van der Waals surface area contributed by atoms with E-state index in [-0.39, 0.29) is 18.0 Å². The Labute approximate surface area is 109 Å². The maximum atomic E-state index is 13.3.